The highest BCUT2D eigenvalue weighted by Gasteiger charge is 2.66. The molecule has 184 valence electrons. The number of aliphatic hydroxyl groups is 4. The predicted molar refractivity (Wildman–Crippen MR) is 128 cm³/mol. The SMILES string of the molecule is CC(C)C(C)CCC(C)C1CC(O)C2C3=CC(O)C4(O)CC(O)CCC4(C)C3CCC12C. The summed E-state index contributed by atoms with van der Waals surface area (Å²) in [7, 11) is 0. The highest BCUT2D eigenvalue weighted by atomic mass is 16.3. The molecule has 0 spiro atoms. The van der Waals surface area contributed by atoms with Crippen LogP contribution in [0.5, 0.6) is 0 Å². The Hall–Kier alpha value is -0.420. The van der Waals surface area contributed by atoms with E-state index >= 15 is 0 Å². The molecule has 3 saturated carbocycles. The predicted octanol–water partition coefficient (Wildman–Crippen LogP) is 4.69. The van der Waals surface area contributed by atoms with Crippen molar-refractivity contribution in [3.63, 3.8) is 0 Å². The van der Waals surface area contributed by atoms with E-state index in [1.807, 2.05) is 6.08 Å². The van der Waals surface area contributed by atoms with E-state index in [1.54, 1.807) is 0 Å². The number of hydrogen-bond donors (Lipinski definition) is 4. The second kappa shape index (κ2) is 8.36. The van der Waals surface area contributed by atoms with Crippen LogP contribution in [0.4, 0.5) is 0 Å². The van der Waals surface area contributed by atoms with Gasteiger partial charge in [0.2, 0.25) is 0 Å². The molecule has 0 radical (unpaired) electrons. The summed E-state index contributed by atoms with van der Waals surface area (Å²) < 4.78 is 0. The lowest BCUT2D eigenvalue weighted by molar-refractivity contribution is -0.211. The fraction of sp³-hybridized carbons (Fsp3) is 0.929. The lowest BCUT2D eigenvalue weighted by Crippen LogP contribution is -2.65. The van der Waals surface area contributed by atoms with Crippen molar-refractivity contribution in [3.8, 4) is 0 Å². The monoisotopic (exact) mass is 448 g/mol. The van der Waals surface area contributed by atoms with Gasteiger partial charge in [0.15, 0.2) is 0 Å². The van der Waals surface area contributed by atoms with Crippen molar-refractivity contribution in [3.05, 3.63) is 11.6 Å². The molecule has 0 heterocycles. The molecule has 4 heteroatoms. The third kappa shape index (κ3) is 3.54. The minimum atomic E-state index is -1.28. The largest absolute Gasteiger partial charge is 0.393 e. The van der Waals surface area contributed by atoms with Crippen molar-refractivity contribution in [2.24, 2.45) is 46.3 Å². The zero-order valence-corrected chi connectivity index (χ0v) is 21.2. The first kappa shape index (κ1) is 24.7. The van der Waals surface area contributed by atoms with Gasteiger partial charge in [-0.15, -0.1) is 0 Å². The normalized spacial score (nSPS) is 50.3. The fourth-order valence-electron chi connectivity index (χ4n) is 8.60. The van der Waals surface area contributed by atoms with Gasteiger partial charge in [0.05, 0.1) is 12.2 Å². The first-order valence-electron chi connectivity index (χ1n) is 13.3. The van der Waals surface area contributed by atoms with E-state index in [1.165, 1.54) is 18.4 Å². The van der Waals surface area contributed by atoms with Crippen LogP contribution in [0.2, 0.25) is 0 Å². The van der Waals surface area contributed by atoms with Crippen molar-refractivity contribution in [2.75, 3.05) is 0 Å². The summed E-state index contributed by atoms with van der Waals surface area (Å²) >= 11 is 0. The lowest BCUT2D eigenvalue weighted by atomic mass is 9.45. The lowest BCUT2D eigenvalue weighted by Gasteiger charge is -2.62. The maximum Gasteiger partial charge on any atom is 0.102 e. The van der Waals surface area contributed by atoms with Crippen molar-refractivity contribution in [1.29, 1.82) is 0 Å². The highest BCUT2D eigenvalue weighted by Crippen LogP contribution is 2.67. The average Bonchev–Trinajstić information content (AvgIpc) is 2.99. The summed E-state index contributed by atoms with van der Waals surface area (Å²) in [5.74, 6) is 2.73. The van der Waals surface area contributed by atoms with Crippen molar-refractivity contribution in [1.82, 2.24) is 0 Å². The number of aliphatic hydroxyl groups excluding tert-OH is 3. The van der Waals surface area contributed by atoms with Gasteiger partial charge in [0.25, 0.3) is 0 Å². The van der Waals surface area contributed by atoms with Crippen LogP contribution in [0.1, 0.15) is 92.9 Å². The third-order valence-electron chi connectivity index (χ3n) is 11.2. The Morgan fingerprint density at radius 3 is 2.34 bits per heavy atom. The molecule has 4 aliphatic carbocycles. The first-order valence-corrected chi connectivity index (χ1v) is 13.3. The van der Waals surface area contributed by atoms with Crippen LogP contribution in [-0.4, -0.2) is 44.3 Å². The van der Waals surface area contributed by atoms with Gasteiger partial charge in [0.1, 0.15) is 11.7 Å². The summed E-state index contributed by atoms with van der Waals surface area (Å²) in [5, 5.41) is 44.3. The summed E-state index contributed by atoms with van der Waals surface area (Å²) in [6.07, 6.45) is 6.97. The van der Waals surface area contributed by atoms with E-state index in [0.717, 1.165) is 31.6 Å². The van der Waals surface area contributed by atoms with Gasteiger partial charge in [-0.1, -0.05) is 66.0 Å². The molecule has 0 amide bonds. The van der Waals surface area contributed by atoms with Crippen LogP contribution in [0.3, 0.4) is 0 Å². The van der Waals surface area contributed by atoms with Gasteiger partial charge < -0.3 is 20.4 Å². The molecule has 4 nitrogen and oxygen atoms in total. The second-order valence-corrected chi connectivity index (χ2v) is 13.1. The van der Waals surface area contributed by atoms with Crippen LogP contribution in [0.25, 0.3) is 0 Å². The van der Waals surface area contributed by atoms with E-state index in [4.69, 9.17) is 0 Å². The number of fused-ring (bicyclic) bond motifs is 5. The number of hydrogen-bond acceptors (Lipinski definition) is 4. The maximum absolute atomic E-state index is 11.6. The van der Waals surface area contributed by atoms with Gasteiger partial charge in [-0.2, -0.15) is 0 Å². The zero-order chi connectivity index (χ0) is 23.6. The number of rotatable bonds is 5. The molecule has 4 N–H and O–H groups in total. The smallest absolute Gasteiger partial charge is 0.102 e. The fourth-order valence-corrected chi connectivity index (χ4v) is 8.60. The summed E-state index contributed by atoms with van der Waals surface area (Å²) in [6, 6.07) is 0. The van der Waals surface area contributed by atoms with Crippen LogP contribution < -0.4 is 0 Å². The zero-order valence-electron chi connectivity index (χ0n) is 21.2. The summed E-state index contributed by atoms with van der Waals surface area (Å²) in [6.45, 7) is 13.9. The summed E-state index contributed by atoms with van der Waals surface area (Å²) in [5.41, 5.74) is -0.488. The molecule has 11 atom stereocenters. The van der Waals surface area contributed by atoms with Gasteiger partial charge in [-0.25, -0.2) is 0 Å². The Labute approximate surface area is 195 Å². The van der Waals surface area contributed by atoms with E-state index in [0.29, 0.717) is 24.2 Å². The van der Waals surface area contributed by atoms with Crippen LogP contribution >= 0.6 is 0 Å². The average molecular weight is 449 g/mol. The van der Waals surface area contributed by atoms with Crippen LogP contribution in [0, 0.1) is 46.3 Å². The van der Waals surface area contributed by atoms with Crippen molar-refractivity contribution in [2.45, 2.75) is 117 Å². The van der Waals surface area contributed by atoms with Gasteiger partial charge in [-0.05, 0) is 67.1 Å². The molecule has 11 unspecified atom stereocenters. The van der Waals surface area contributed by atoms with Gasteiger partial charge >= 0.3 is 0 Å². The molecule has 0 aromatic rings. The molecule has 0 saturated heterocycles. The Morgan fingerprint density at radius 2 is 1.69 bits per heavy atom. The molecular formula is C28H48O4. The molecule has 3 fully saturated rings. The van der Waals surface area contributed by atoms with Crippen LogP contribution in [-0.2, 0) is 0 Å². The Balaban J connectivity index is 1.62. The van der Waals surface area contributed by atoms with Crippen molar-refractivity contribution < 1.29 is 20.4 Å². The minimum Gasteiger partial charge on any atom is -0.393 e. The van der Waals surface area contributed by atoms with Gasteiger partial charge in [-0.3, -0.25) is 0 Å². The van der Waals surface area contributed by atoms with Gasteiger partial charge in [0, 0.05) is 17.8 Å². The Morgan fingerprint density at radius 1 is 1.00 bits per heavy atom. The maximum atomic E-state index is 11.6. The van der Waals surface area contributed by atoms with Crippen molar-refractivity contribution >= 4 is 0 Å². The molecule has 4 rings (SSSR count). The standard InChI is InChI=1S/C28H48O4/c1-16(2)17(3)7-8-18(4)22-14-23(30)25-20-13-24(31)28(32)15-19(29)9-12-27(28,6)21(20)10-11-26(22,25)5/h13,16-19,21-25,29-32H,7-12,14-15H2,1-6H3. The molecule has 0 aromatic carbocycles. The van der Waals surface area contributed by atoms with E-state index in [-0.39, 0.29) is 29.8 Å². The van der Waals surface area contributed by atoms with Crippen LogP contribution in [0.15, 0.2) is 11.6 Å². The first-order chi connectivity index (χ1) is 14.8. The molecular weight excluding hydrogens is 400 g/mol. The Bertz CT molecular complexity index is 733. The molecule has 0 aromatic heterocycles. The molecule has 0 aliphatic heterocycles. The van der Waals surface area contributed by atoms with E-state index < -0.39 is 23.2 Å². The quantitative estimate of drug-likeness (QED) is 0.460. The summed E-state index contributed by atoms with van der Waals surface area (Å²) in [4.78, 5) is 0. The van der Waals surface area contributed by atoms with E-state index in [9.17, 15) is 20.4 Å². The third-order valence-corrected chi connectivity index (χ3v) is 11.2. The molecule has 4 aliphatic rings. The second-order valence-electron chi connectivity index (χ2n) is 13.1. The molecule has 0 bridgehead atoms. The molecule has 32 heavy (non-hydrogen) atoms. The topological polar surface area (TPSA) is 80.9 Å². The Kier molecular flexibility index (Phi) is 6.45. The van der Waals surface area contributed by atoms with E-state index in [2.05, 4.69) is 41.5 Å². The highest BCUT2D eigenvalue weighted by molar-refractivity contribution is 5.34. The minimum absolute atomic E-state index is 0.0436.